The maximum Gasteiger partial charge on any atom is 0.310 e. The Labute approximate surface area is 206 Å². The molecule has 1 saturated heterocycles. The van der Waals surface area contributed by atoms with E-state index in [9.17, 15) is 22.0 Å². The molecule has 0 radical (unpaired) electrons. The van der Waals surface area contributed by atoms with Crippen LogP contribution in [0.25, 0.3) is 11.0 Å². The minimum atomic E-state index is -3.20. The molecule has 192 valence electrons. The van der Waals surface area contributed by atoms with Crippen LogP contribution in [-0.4, -0.2) is 48.2 Å². The van der Waals surface area contributed by atoms with Crippen molar-refractivity contribution in [1.29, 1.82) is 0 Å². The van der Waals surface area contributed by atoms with E-state index in [-0.39, 0.29) is 41.2 Å². The van der Waals surface area contributed by atoms with Crippen LogP contribution >= 0.6 is 0 Å². The van der Waals surface area contributed by atoms with Crippen molar-refractivity contribution in [3.05, 3.63) is 57.6 Å². The van der Waals surface area contributed by atoms with Crippen molar-refractivity contribution in [3.63, 3.8) is 0 Å². The molecule has 2 aromatic heterocycles. The Morgan fingerprint density at radius 2 is 1.92 bits per heavy atom. The lowest BCUT2D eigenvalue weighted by atomic mass is 9.88. The van der Waals surface area contributed by atoms with Crippen LogP contribution in [0, 0.1) is 0 Å². The number of alkyl halides is 2. The molecule has 0 bridgehead atoms. The summed E-state index contributed by atoms with van der Waals surface area (Å²) >= 11 is 0. The van der Waals surface area contributed by atoms with Crippen LogP contribution in [0.5, 0.6) is 5.75 Å². The number of aryl methyl sites for hydroxylation is 1. The maximum atomic E-state index is 14.2. The first-order chi connectivity index (χ1) is 17.0. The lowest BCUT2D eigenvalue weighted by Crippen LogP contribution is -2.43. The predicted octanol–water partition coefficient (Wildman–Crippen LogP) is 3.04. The largest absolute Gasteiger partial charge is 0.486 e. The third-order valence-electron chi connectivity index (χ3n) is 7.18. The summed E-state index contributed by atoms with van der Waals surface area (Å²) < 4.78 is 65.0. The smallest absolute Gasteiger partial charge is 0.310 e. The number of nitrogens with one attached hydrogen (secondary N) is 1. The number of ether oxygens (including phenoxy) is 2. The molecule has 0 spiro atoms. The van der Waals surface area contributed by atoms with E-state index in [1.54, 1.807) is 32.2 Å². The molecular weight excluding hydrogens is 494 g/mol. The molecule has 1 atom stereocenters. The highest BCUT2D eigenvalue weighted by atomic mass is 32.2. The zero-order chi connectivity index (χ0) is 25.9. The van der Waals surface area contributed by atoms with Gasteiger partial charge in [0.25, 0.3) is 5.56 Å². The number of aromatic nitrogens is 3. The summed E-state index contributed by atoms with van der Waals surface area (Å²) in [7, 11) is -0.148. The summed E-state index contributed by atoms with van der Waals surface area (Å²) in [6, 6.07) is 5.81. The molecule has 4 heterocycles. The first-order valence-electron chi connectivity index (χ1n) is 11.5. The summed E-state index contributed by atoms with van der Waals surface area (Å²) in [6.07, 6.45) is 1.62. The van der Waals surface area contributed by atoms with Crippen LogP contribution in [-0.2, 0) is 33.1 Å². The Hall–Kier alpha value is -3.12. The number of para-hydroxylation sites is 1. The third-order valence-corrected chi connectivity index (χ3v) is 8.83. The van der Waals surface area contributed by atoms with Crippen LogP contribution in [0.4, 0.5) is 14.6 Å². The highest BCUT2D eigenvalue weighted by molar-refractivity contribution is 7.91. The molecule has 1 fully saturated rings. The third kappa shape index (κ3) is 3.92. The SMILES string of the molecule is COC1(c2cc3c(N[C@H](C)c4cccc5c4OCC5(F)F)ncnc3n(C)c2=O)CCS(=O)(=O)CC1. The number of rotatable bonds is 5. The highest BCUT2D eigenvalue weighted by Gasteiger charge is 2.43. The second-order valence-electron chi connectivity index (χ2n) is 9.32. The average molecular weight is 521 g/mol. The molecule has 0 amide bonds. The molecule has 2 aliphatic heterocycles. The highest BCUT2D eigenvalue weighted by Crippen LogP contribution is 2.45. The summed E-state index contributed by atoms with van der Waals surface area (Å²) in [6.45, 7) is 1.09. The van der Waals surface area contributed by atoms with Gasteiger partial charge in [-0.1, -0.05) is 12.1 Å². The Morgan fingerprint density at radius 3 is 2.61 bits per heavy atom. The number of benzene rings is 1. The van der Waals surface area contributed by atoms with Gasteiger partial charge in [0.15, 0.2) is 16.4 Å². The second kappa shape index (κ2) is 8.48. The molecule has 1 N–H and O–H groups in total. The van der Waals surface area contributed by atoms with Crippen molar-refractivity contribution in [2.75, 3.05) is 30.5 Å². The van der Waals surface area contributed by atoms with Crippen molar-refractivity contribution < 1.29 is 26.7 Å². The van der Waals surface area contributed by atoms with E-state index < -0.39 is 34.0 Å². The summed E-state index contributed by atoms with van der Waals surface area (Å²) in [5.74, 6) is -2.68. The van der Waals surface area contributed by atoms with Gasteiger partial charge in [0.1, 0.15) is 29.1 Å². The van der Waals surface area contributed by atoms with Gasteiger partial charge in [0, 0.05) is 19.7 Å². The molecule has 12 heteroatoms. The lowest BCUT2D eigenvalue weighted by molar-refractivity contribution is -0.0245. The zero-order valence-corrected chi connectivity index (χ0v) is 20.9. The molecular formula is C24H26F2N4O5S. The normalized spacial score (nSPS) is 20.5. The number of anilines is 1. The van der Waals surface area contributed by atoms with Gasteiger partial charge in [0.05, 0.1) is 34.1 Å². The fraction of sp³-hybridized carbons (Fsp3) is 0.458. The fourth-order valence-electron chi connectivity index (χ4n) is 5.03. The van der Waals surface area contributed by atoms with E-state index in [1.807, 2.05) is 0 Å². The molecule has 1 aromatic carbocycles. The van der Waals surface area contributed by atoms with Crippen LogP contribution in [0.3, 0.4) is 0 Å². The van der Waals surface area contributed by atoms with Gasteiger partial charge in [-0.05, 0) is 31.9 Å². The van der Waals surface area contributed by atoms with Gasteiger partial charge in [-0.15, -0.1) is 0 Å². The molecule has 0 unspecified atom stereocenters. The lowest BCUT2D eigenvalue weighted by Gasteiger charge is -2.36. The zero-order valence-electron chi connectivity index (χ0n) is 20.0. The number of methoxy groups -OCH3 is 1. The standard InChI is InChI=1S/C24H26F2N4O5S/c1-14(15-5-4-6-17-19(15)35-12-24(17,25)26)29-20-16-11-18(22(31)30(2)21(16)28-13-27-20)23(34-3)7-9-36(32,33)10-8-23/h4-6,11,13-14H,7-10,12H2,1-3H3,(H,27,28,29)/t14-/m1/s1. The van der Waals surface area contributed by atoms with Crippen molar-refractivity contribution >= 4 is 26.7 Å². The van der Waals surface area contributed by atoms with Gasteiger partial charge in [0.2, 0.25) is 0 Å². The molecule has 2 aliphatic rings. The van der Waals surface area contributed by atoms with Gasteiger partial charge in [-0.3, -0.25) is 9.36 Å². The van der Waals surface area contributed by atoms with Crippen LogP contribution in [0.2, 0.25) is 0 Å². The van der Waals surface area contributed by atoms with Crippen LogP contribution in [0.1, 0.15) is 42.5 Å². The molecule has 0 saturated carbocycles. The topological polar surface area (TPSA) is 112 Å². The second-order valence-corrected chi connectivity index (χ2v) is 11.6. The predicted molar refractivity (Wildman–Crippen MR) is 129 cm³/mol. The van der Waals surface area contributed by atoms with E-state index in [2.05, 4.69) is 15.3 Å². The summed E-state index contributed by atoms with van der Waals surface area (Å²) in [5, 5.41) is 3.77. The Balaban J connectivity index is 1.58. The number of hydrogen-bond donors (Lipinski definition) is 1. The molecule has 0 aliphatic carbocycles. The number of sulfone groups is 1. The summed E-state index contributed by atoms with van der Waals surface area (Å²) in [5.41, 5.74) is -0.314. The van der Waals surface area contributed by atoms with E-state index in [0.29, 0.717) is 28.0 Å². The first kappa shape index (κ1) is 24.6. The molecule has 5 rings (SSSR count). The number of fused-ring (bicyclic) bond motifs is 2. The van der Waals surface area contributed by atoms with E-state index >= 15 is 0 Å². The Bertz CT molecular complexity index is 1510. The van der Waals surface area contributed by atoms with Gasteiger partial charge >= 0.3 is 5.92 Å². The molecule has 36 heavy (non-hydrogen) atoms. The Morgan fingerprint density at radius 1 is 1.19 bits per heavy atom. The monoisotopic (exact) mass is 520 g/mol. The van der Waals surface area contributed by atoms with Crippen molar-refractivity contribution in [3.8, 4) is 5.75 Å². The van der Waals surface area contributed by atoms with Gasteiger partial charge in [-0.2, -0.15) is 8.78 Å². The first-order valence-corrected chi connectivity index (χ1v) is 13.3. The van der Waals surface area contributed by atoms with Gasteiger partial charge < -0.3 is 14.8 Å². The minimum absolute atomic E-state index is 0.0841. The Kier molecular flexibility index (Phi) is 5.79. The van der Waals surface area contributed by atoms with Crippen molar-refractivity contribution in [1.82, 2.24) is 14.5 Å². The fourth-order valence-corrected chi connectivity index (χ4v) is 6.52. The quantitative estimate of drug-likeness (QED) is 0.547. The number of halogens is 2. The number of hydrogen-bond acceptors (Lipinski definition) is 8. The summed E-state index contributed by atoms with van der Waals surface area (Å²) in [4.78, 5) is 21.9. The van der Waals surface area contributed by atoms with Crippen LogP contribution in [0.15, 0.2) is 35.4 Å². The maximum absolute atomic E-state index is 14.2. The van der Waals surface area contributed by atoms with Crippen molar-refractivity contribution in [2.45, 2.75) is 37.3 Å². The minimum Gasteiger partial charge on any atom is -0.486 e. The molecule has 9 nitrogen and oxygen atoms in total. The number of nitrogens with zero attached hydrogens (tertiary/aromatic N) is 3. The van der Waals surface area contributed by atoms with E-state index in [1.165, 1.54) is 24.1 Å². The van der Waals surface area contributed by atoms with E-state index in [0.717, 1.165) is 0 Å². The number of pyridine rings is 1. The van der Waals surface area contributed by atoms with E-state index in [4.69, 9.17) is 9.47 Å². The average Bonchev–Trinajstić information content (AvgIpc) is 3.17. The van der Waals surface area contributed by atoms with Crippen LogP contribution < -0.4 is 15.6 Å². The van der Waals surface area contributed by atoms with Crippen molar-refractivity contribution in [2.24, 2.45) is 7.05 Å². The van der Waals surface area contributed by atoms with Gasteiger partial charge in [-0.25, -0.2) is 18.4 Å². The molecule has 3 aromatic rings.